The molecule has 1 amide bonds. The third-order valence-corrected chi connectivity index (χ3v) is 3.03. The number of carbonyl (C=O) groups excluding carboxylic acids is 1. The van der Waals surface area contributed by atoms with Crippen molar-refractivity contribution in [3.05, 3.63) is 17.0 Å². The summed E-state index contributed by atoms with van der Waals surface area (Å²) < 4.78 is 7.03. The molecule has 18 heavy (non-hydrogen) atoms. The smallest absolute Gasteiger partial charge is 0.255 e. The SMILES string of the molecule is Cc1nn(C)c(C)c1C(=O)NCCCOCCBr. The van der Waals surface area contributed by atoms with E-state index in [0.29, 0.717) is 25.3 Å². The fraction of sp³-hybridized carbons (Fsp3) is 0.667. The van der Waals surface area contributed by atoms with Gasteiger partial charge < -0.3 is 10.1 Å². The van der Waals surface area contributed by atoms with Crippen molar-refractivity contribution in [1.29, 1.82) is 0 Å². The van der Waals surface area contributed by atoms with E-state index in [1.54, 1.807) is 4.68 Å². The number of carbonyl (C=O) groups is 1. The first-order valence-electron chi connectivity index (χ1n) is 6.00. The lowest BCUT2D eigenvalue weighted by Gasteiger charge is -2.06. The monoisotopic (exact) mass is 317 g/mol. The Hall–Kier alpha value is -0.880. The molecule has 1 rings (SSSR count). The van der Waals surface area contributed by atoms with Gasteiger partial charge in [-0.2, -0.15) is 5.10 Å². The molecule has 0 bridgehead atoms. The molecule has 1 heterocycles. The highest BCUT2D eigenvalue weighted by Crippen LogP contribution is 2.11. The summed E-state index contributed by atoms with van der Waals surface area (Å²) >= 11 is 3.29. The van der Waals surface area contributed by atoms with Gasteiger partial charge in [0.1, 0.15) is 0 Å². The molecular formula is C12H20BrN3O2. The van der Waals surface area contributed by atoms with E-state index in [4.69, 9.17) is 4.74 Å². The first-order chi connectivity index (χ1) is 8.57. The minimum Gasteiger partial charge on any atom is -0.381 e. The molecule has 1 aromatic heterocycles. The Kier molecular flexibility index (Phi) is 6.35. The van der Waals surface area contributed by atoms with Crippen LogP contribution in [0.3, 0.4) is 0 Å². The lowest BCUT2D eigenvalue weighted by Crippen LogP contribution is -2.26. The number of aromatic nitrogens is 2. The van der Waals surface area contributed by atoms with Gasteiger partial charge in [-0.25, -0.2) is 0 Å². The fourth-order valence-electron chi connectivity index (χ4n) is 1.72. The van der Waals surface area contributed by atoms with Crippen LogP contribution in [0.2, 0.25) is 0 Å². The zero-order valence-corrected chi connectivity index (χ0v) is 12.7. The number of alkyl halides is 1. The molecule has 0 aliphatic heterocycles. The molecule has 0 unspecified atom stereocenters. The van der Waals surface area contributed by atoms with Crippen molar-refractivity contribution in [2.24, 2.45) is 7.05 Å². The highest BCUT2D eigenvalue weighted by molar-refractivity contribution is 9.09. The fourth-order valence-corrected chi connectivity index (χ4v) is 1.95. The van der Waals surface area contributed by atoms with Crippen molar-refractivity contribution in [2.45, 2.75) is 20.3 Å². The van der Waals surface area contributed by atoms with E-state index in [1.807, 2.05) is 20.9 Å². The number of halogens is 1. The molecule has 0 spiro atoms. The molecule has 0 radical (unpaired) electrons. The normalized spacial score (nSPS) is 10.7. The number of nitrogens with one attached hydrogen (secondary N) is 1. The number of aryl methyl sites for hydroxylation is 2. The highest BCUT2D eigenvalue weighted by Gasteiger charge is 2.16. The van der Waals surface area contributed by atoms with Crippen LogP contribution in [0.4, 0.5) is 0 Å². The molecule has 0 atom stereocenters. The number of rotatable bonds is 7. The first-order valence-corrected chi connectivity index (χ1v) is 7.12. The van der Waals surface area contributed by atoms with Crippen LogP contribution in [-0.4, -0.2) is 40.8 Å². The molecule has 102 valence electrons. The Morgan fingerprint density at radius 3 is 2.72 bits per heavy atom. The van der Waals surface area contributed by atoms with E-state index < -0.39 is 0 Å². The highest BCUT2D eigenvalue weighted by atomic mass is 79.9. The van der Waals surface area contributed by atoms with Gasteiger partial charge in [-0.1, -0.05) is 15.9 Å². The van der Waals surface area contributed by atoms with Crippen molar-refractivity contribution < 1.29 is 9.53 Å². The van der Waals surface area contributed by atoms with Crippen molar-refractivity contribution in [3.63, 3.8) is 0 Å². The largest absolute Gasteiger partial charge is 0.381 e. The van der Waals surface area contributed by atoms with E-state index in [1.165, 1.54) is 0 Å². The first kappa shape index (κ1) is 15.2. The summed E-state index contributed by atoms with van der Waals surface area (Å²) in [5.41, 5.74) is 2.34. The van der Waals surface area contributed by atoms with Crippen LogP contribution in [0.1, 0.15) is 28.2 Å². The van der Waals surface area contributed by atoms with Crippen molar-refractivity contribution in [2.75, 3.05) is 25.1 Å². The van der Waals surface area contributed by atoms with Crippen LogP contribution < -0.4 is 5.32 Å². The zero-order valence-electron chi connectivity index (χ0n) is 11.1. The molecule has 0 aromatic carbocycles. The number of nitrogens with zero attached hydrogens (tertiary/aromatic N) is 2. The number of hydrogen-bond acceptors (Lipinski definition) is 3. The minimum atomic E-state index is -0.0569. The maximum atomic E-state index is 12.0. The van der Waals surface area contributed by atoms with Gasteiger partial charge in [0, 0.05) is 31.2 Å². The van der Waals surface area contributed by atoms with Gasteiger partial charge in [0.25, 0.3) is 5.91 Å². The predicted molar refractivity (Wildman–Crippen MR) is 74.2 cm³/mol. The quantitative estimate of drug-likeness (QED) is 0.613. The van der Waals surface area contributed by atoms with Gasteiger partial charge in [-0.05, 0) is 20.3 Å². The molecule has 6 heteroatoms. The van der Waals surface area contributed by atoms with Crippen LogP contribution in [0, 0.1) is 13.8 Å². The van der Waals surface area contributed by atoms with Gasteiger partial charge in [-0.15, -0.1) is 0 Å². The summed E-state index contributed by atoms with van der Waals surface area (Å²) in [6, 6.07) is 0. The maximum absolute atomic E-state index is 12.0. The molecule has 0 aliphatic carbocycles. The third kappa shape index (κ3) is 4.10. The number of hydrogen-bond donors (Lipinski definition) is 1. The van der Waals surface area contributed by atoms with Gasteiger partial charge >= 0.3 is 0 Å². The van der Waals surface area contributed by atoms with E-state index in [2.05, 4.69) is 26.3 Å². The summed E-state index contributed by atoms with van der Waals surface area (Å²) in [5.74, 6) is -0.0569. The van der Waals surface area contributed by atoms with Gasteiger partial charge in [0.2, 0.25) is 0 Å². The third-order valence-electron chi connectivity index (χ3n) is 2.71. The van der Waals surface area contributed by atoms with Gasteiger partial charge in [0.15, 0.2) is 0 Å². The predicted octanol–water partition coefficient (Wildman–Crippen LogP) is 1.57. The number of amides is 1. The second-order valence-electron chi connectivity index (χ2n) is 4.08. The second kappa shape index (κ2) is 7.53. The molecule has 0 saturated heterocycles. The van der Waals surface area contributed by atoms with Crippen molar-refractivity contribution in [1.82, 2.24) is 15.1 Å². The Labute approximate surface area is 116 Å². The molecule has 0 saturated carbocycles. The van der Waals surface area contributed by atoms with E-state index >= 15 is 0 Å². The summed E-state index contributed by atoms with van der Waals surface area (Å²) in [4.78, 5) is 12.0. The Morgan fingerprint density at radius 2 is 2.17 bits per heavy atom. The Morgan fingerprint density at radius 1 is 1.44 bits per heavy atom. The molecule has 1 aromatic rings. The summed E-state index contributed by atoms with van der Waals surface area (Å²) in [5, 5.41) is 7.95. The lowest BCUT2D eigenvalue weighted by atomic mass is 10.2. The second-order valence-corrected chi connectivity index (χ2v) is 4.87. The summed E-state index contributed by atoms with van der Waals surface area (Å²) in [7, 11) is 1.84. The summed E-state index contributed by atoms with van der Waals surface area (Å²) in [6.45, 7) is 5.73. The standard InChI is InChI=1S/C12H20BrN3O2/c1-9-11(10(2)16(3)15-9)12(17)14-6-4-7-18-8-5-13/h4-8H2,1-3H3,(H,14,17). The average molecular weight is 318 g/mol. The topological polar surface area (TPSA) is 56.2 Å². The van der Waals surface area contributed by atoms with E-state index in [0.717, 1.165) is 23.1 Å². The van der Waals surface area contributed by atoms with Crippen molar-refractivity contribution >= 4 is 21.8 Å². The van der Waals surface area contributed by atoms with Crippen LogP contribution in [0.5, 0.6) is 0 Å². The van der Waals surface area contributed by atoms with E-state index in [-0.39, 0.29) is 5.91 Å². The number of ether oxygens (including phenoxy) is 1. The summed E-state index contributed by atoms with van der Waals surface area (Å²) in [6.07, 6.45) is 0.817. The van der Waals surface area contributed by atoms with Gasteiger partial charge in [-0.3, -0.25) is 9.48 Å². The molecule has 0 aliphatic rings. The zero-order chi connectivity index (χ0) is 13.5. The van der Waals surface area contributed by atoms with Crippen LogP contribution in [-0.2, 0) is 11.8 Å². The Bertz CT molecular complexity index is 404. The van der Waals surface area contributed by atoms with Crippen molar-refractivity contribution in [3.8, 4) is 0 Å². The van der Waals surface area contributed by atoms with E-state index in [9.17, 15) is 4.79 Å². The minimum absolute atomic E-state index is 0.0569. The molecular weight excluding hydrogens is 298 g/mol. The average Bonchev–Trinajstić information content (AvgIpc) is 2.58. The maximum Gasteiger partial charge on any atom is 0.255 e. The Balaban J connectivity index is 2.37. The molecule has 5 nitrogen and oxygen atoms in total. The molecule has 1 N–H and O–H groups in total. The lowest BCUT2D eigenvalue weighted by molar-refractivity contribution is 0.0943. The van der Waals surface area contributed by atoms with Crippen LogP contribution in [0.15, 0.2) is 0 Å². The molecule has 0 fully saturated rings. The van der Waals surface area contributed by atoms with Crippen LogP contribution in [0.25, 0.3) is 0 Å². The van der Waals surface area contributed by atoms with Gasteiger partial charge in [0.05, 0.1) is 17.9 Å². The van der Waals surface area contributed by atoms with Crippen LogP contribution >= 0.6 is 15.9 Å².